The highest BCUT2D eigenvalue weighted by atomic mass is 32.2. The van der Waals surface area contributed by atoms with Gasteiger partial charge in [0.15, 0.2) is 0 Å². The molecule has 3 aromatic rings. The van der Waals surface area contributed by atoms with Gasteiger partial charge < -0.3 is 24.3 Å². The SMILES string of the molecule is CSc1ccc(NC(=O)N(CCCN2CCOCC2)CC(=O)N(Cc2ccccc2)Cc2ccco2)cc1. The van der Waals surface area contributed by atoms with E-state index in [4.69, 9.17) is 9.15 Å². The largest absolute Gasteiger partial charge is 0.467 e. The van der Waals surface area contributed by atoms with Crippen LogP contribution in [-0.4, -0.2) is 78.8 Å². The van der Waals surface area contributed by atoms with Crippen LogP contribution in [0.25, 0.3) is 0 Å². The van der Waals surface area contributed by atoms with Gasteiger partial charge in [-0.2, -0.15) is 0 Å². The number of urea groups is 1. The van der Waals surface area contributed by atoms with Crippen molar-refractivity contribution >= 4 is 29.4 Å². The molecule has 0 atom stereocenters. The summed E-state index contributed by atoms with van der Waals surface area (Å²) in [5.74, 6) is 0.566. The number of nitrogens with one attached hydrogen (secondary N) is 1. The lowest BCUT2D eigenvalue weighted by atomic mass is 10.2. The van der Waals surface area contributed by atoms with E-state index in [0.29, 0.717) is 31.1 Å². The highest BCUT2D eigenvalue weighted by molar-refractivity contribution is 7.98. The Morgan fingerprint density at radius 2 is 1.71 bits per heavy atom. The average Bonchev–Trinajstić information content (AvgIpc) is 3.47. The van der Waals surface area contributed by atoms with Crippen molar-refractivity contribution < 1.29 is 18.7 Å². The number of hydrogen-bond acceptors (Lipinski definition) is 6. The fraction of sp³-hybridized carbons (Fsp3) is 0.379. The topological polar surface area (TPSA) is 78.3 Å². The summed E-state index contributed by atoms with van der Waals surface area (Å²) in [6.45, 7) is 5.31. The highest BCUT2D eigenvalue weighted by Crippen LogP contribution is 2.18. The van der Waals surface area contributed by atoms with Crippen molar-refractivity contribution in [3.63, 3.8) is 0 Å². The second-order valence-electron chi connectivity index (χ2n) is 9.20. The molecular formula is C29H36N4O4S. The summed E-state index contributed by atoms with van der Waals surface area (Å²) in [6, 6.07) is 21.0. The van der Waals surface area contributed by atoms with Gasteiger partial charge in [0, 0.05) is 43.3 Å². The number of rotatable bonds is 12. The summed E-state index contributed by atoms with van der Waals surface area (Å²) >= 11 is 1.65. The number of benzene rings is 2. The first-order chi connectivity index (χ1) is 18.6. The van der Waals surface area contributed by atoms with Gasteiger partial charge in [0.25, 0.3) is 0 Å². The number of carbonyl (C=O) groups is 2. The van der Waals surface area contributed by atoms with Gasteiger partial charge in [-0.15, -0.1) is 11.8 Å². The quantitative estimate of drug-likeness (QED) is 0.336. The second kappa shape index (κ2) is 14.6. The van der Waals surface area contributed by atoms with Crippen LogP contribution in [0.2, 0.25) is 0 Å². The Morgan fingerprint density at radius 1 is 0.947 bits per heavy atom. The Labute approximate surface area is 228 Å². The van der Waals surface area contributed by atoms with Crippen LogP contribution in [0.3, 0.4) is 0 Å². The van der Waals surface area contributed by atoms with E-state index in [2.05, 4.69) is 10.2 Å². The van der Waals surface area contributed by atoms with Crippen molar-refractivity contribution in [3.05, 3.63) is 84.3 Å². The Morgan fingerprint density at radius 3 is 2.39 bits per heavy atom. The molecule has 1 fully saturated rings. The van der Waals surface area contributed by atoms with Crippen molar-refractivity contribution in [3.8, 4) is 0 Å². The Hall–Kier alpha value is -3.27. The predicted molar refractivity (Wildman–Crippen MR) is 150 cm³/mol. The van der Waals surface area contributed by atoms with E-state index in [-0.39, 0.29) is 18.5 Å². The zero-order chi connectivity index (χ0) is 26.6. The van der Waals surface area contributed by atoms with Gasteiger partial charge in [-0.3, -0.25) is 9.69 Å². The minimum absolute atomic E-state index is 0.0224. The smallest absolute Gasteiger partial charge is 0.322 e. The number of thioether (sulfide) groups is 1. The number of anilines is 1. The number of furan rings is 1. The minimum Gasteiger partial charge on any atom is -0.467 e. The monoisotopic (exact) mass is 536 g/mol. The third-order valence-corrected chi connectivity index (χ3v) is 7.20. The zero-order valence-electron chi connectivity index (χ0n) is 21.9. The lowest BCUT2D eigenvalue weighted by Crippen LogP contribution is -2.45. The molecule has 9 heteroatoms. The van der Waals surface area contributed by atoms with Gasteiger partial charge >= 0.3 is 6.03 Å². The molecule has 2 heterocycles. The summed E-state index contributed by atoms with van der Waals surface area (Å²) in [5.41, 5.74) is 1.72. The molecule has 1 aliphatic rings. The fourth-order valence-electron chi connectivity index (χ4n) is 4.33. The highest BCUT2D eigenvalue weighted by Gasteiger charge is 2.23. The van der Waals surface area contributed by atoms with E-state index in [0.717, 1.165) is 49.7 Å². The Kier molecular flexibility index (Phi) is 10.7. The lowest BCUT2D eigenvalue weighted by molar-refractivity contribution is -0.133. The van der Waals surface area contributed by atoms with Gasteiger partial charge in [0.2, 0.25) is 5.91 Å². The summed E-state index contributed by atoms with van der Waals surface area (Å²) in [4.78, 5) is 33.8. The van der Waals surface area contributed by atoms with Crippen LogP contribution in [0.5, 0.6) is 0 Å². The first kappa shape index (κ1) is 27.8. The van der Waals surface area contributed by atoms with Crippen molar-refractivity contribution in [2.45, 2.75) is 24.4 Å². The molecule has 0 spiro atoms. The number of amides is 3. The fourth-order valence-corrected chi connectivity index (χ4v) is 4.74. The summed E-state index contributed by atoms with van der Waals surface area (Å²) in [5, 5.41) is 2.98. The van der Waals surface area contributed by atoms with E-state index in [1.807, 2.05) is 73.0 Å². The maximum atomic E-state index is 13.6. The van der Waals surface area contributed by atoms with Crippen LogP contribution in [0.4, 0.5) is 10.5 Å². The van der Waals surface area contributed by atoms with Gasteiger partial charge in [0.1, 0.15) is 12.3 Å². The van der Waals surface area contributed by atoms with Crippen molar-refractivity contribution in [2.75, 3.05) is 57.5 Å². The number of nitrogens with zero attached hydrogens (tertiary/aromatic N) is 3. The molecule has 8 nitrogen and oxygen atoms in total. The normalized spacial score (nSPS) is 13.7. The number of carbonyl (C=O) groups excluding carboxylic acids is 2. The van der Waals surface area contributed by atoms with E-state index < -0.39 is 0 Å². The van der Waals surface area contributed by atoms with E-state index >= 15 is 0 Å². The molecule has 1 aromatic heterocycles. The maximum absolute atomic E-state index is 13.6. The first-order valence-electron chi connectivity index (χ1n) is 12.9. The maximum Gasteiger partial charge on any atom is 0.322 e. The summed E-state index contributed by atoms with van der Waals surface area (Å²) in [7, 11) is 0. The zero-order valence-corrected chi connectivity index (χ0v) is 22.7. The molecule has 202 valence electrons. The summed E-state index contributed by atoms with van der Waals surface area (Å²) < 4.78 is 11.0. The molecule has 3 amide bonds. The summed E-state index contributed by atoms with van der Waals surface area (Å²) in [6.07, 6.45) is 4.39. The molecule has 0 aliphatic carbocycles. The second-order valence-corrected chi connectivity index (χ2v) is 10.1. The molecule has 0 bridgehead atoms. The molecule has 4 rings (SSSR count). The van der Waals surface area contributed by atoms with Crippen molar-refractivity contribution in [1.82, 2.24) is 14.7 Å². The molecule has 38 heavy (non-hydrogen) atoms. The van der Waals surface area contributed by atoms with Gasteiger partial charge in [-0.25, -0.2) is 4.79 Å². The molecule has 0 radical (unpaired) electrons. The third kappa shape index (κ3) is 8.65. The van der Waals surface area contributed by atoms with Crippen LogP contribution in [0.1, 0.15) is 17.7 Å². The van der Waals surface area contributed by atoms with E-state index in [9.17, 15) is 9.59 Å². The minimum atomic E-state index is -0.283. The van der Waals surface area contributed by atoms with Crippen molar-refractivity contribution in [2.24, 2.45) is 0 Å². The molecule has 1 N–H and O–H groups in total. The molecule has 1 saturated heterocycles. The Balaban J connectivity index is 1.45. The van der Waals surface area contributed by atoms with E-state index in [1.165, 1.54) is 0 Å². The van der Waals surface area contributed by atoms with Gasteiger partial charge in [-0.1, -0.05) is 30.3 Å². The molecule has 0 unspecified atom stereocenters. The first-order valence-corrected chi connectivity index (χ1v) is 14.2. The van der Waals surface area contributed by atoms with Crippen LogP contribution >= 0.6 is 11.8 Å². The van der Waals surface area contributed by atoms with E-state index in [1.54, 1.807) is 27.8 Å². The number of ether oxygens (including phenoxy) is 1. The van der Waals surface area contributed by atoms with Crippen LogP contribution in [0.15, 0.2) is 82.3 Å². The molecule has 1 aliphatic heterocycles. The average molecular weight is 537 g/mol. The van der Waals surface area contributed by atoms with Gasteiger partial charge in [0.05, 0.1) is 26.0 Å². The number of morpholine rings is 1. The van der Waals surface area contributed by atoms with Crippen molar-refractivity contribution in [1.29, 1.82) is 0 Å². The van der Waals surface area contributed by atoms with Crippen LogP contribution in [0, 0.1) is 0 Å². The predicted octanol–water partition coefficient (Wildman–Crippen LogP) is 4.79. The molecule has 2 aromatic carbocycles. The number of hydrogen-bond donors (Lipinski definition) is 1. The van der Waals surface area contributed by atoms with Crippen LogP contribution in [-0.2, 0) is 22.6 Å². The lowest BCUT2D eigenvalue weighted by Gasteiger charge is -2.30. The molecular weight excluding hydrogens is 500 g/mol. The van der Waals surface area contributed by atoms with Gasteiger partial charge in [-0.05, 0) is 54.6 Å². The molecule has 0 saturated carbocycles. The van der Waals surface area contributed by atoms with Crippen LogP contribution < -0.4 is 5.32 Å². The standard InChI is InChI=1S/C29H36N4O4S/c1-38-27-12-10-25(11-13-27)30-29(35)32(15-6-14-31-16-19-36-20-17-31)23-28(34)33(22-26-9-5-18-37-26)21-24-7-3-2-4-8-24/h2-5,7-13,18H,6,14-17,19-23H2,1H3,(H,30,35). The third-order valence-electron chi connectivity index (χ3n) is 6.46. The Bertz CT molecular complexity index is 1120.